The maximum absolute atomic E-state index is 10.4. The zero-order chi connectivity index (χ0) is 19.7. The molecule has 0 amide bonds. The van der Waals surface area contributed by atoms with Crippen LogP contribution in [-0.4, -0.2) is 52.3 Å². The lowest BCUT2D eigenvalue weighted by molar-refractivity contribution is -0.0795. The number of aliphatic hydroxyl groups is 2. The van der Waals surface area contributed by atoms with Gasteiger partial charge in [0, 0.05) is 41.7 Å². The fourth-order valence-electron chi connectivity index (χ4n) is 4.03. The highest BCUT2D eigenvalue weighted by atomic mass is 16.6. The summed E-state index contributed by atoms with van der Waals surface area (Å²) in [5.74, 6) is 0.894. The fraction of sp³-hybridized carbons (Fsp3) is 0.571. The van der Waals surface area contributed by atoms with E-state index in [-0.39, 0.29) is 18.8 Å². The minimum atomic E-state index is -0.983. The van der Waals surface area contributed by atoms with Crippen LogP contribution in [0, 0.1) is 0 Å². The Morgan fingerprint density at radius 2 is 2.11 bits per heavy atom. The van der Waals surface area contributed by atoms with Crippen LogP contribution in [-0.2, 0) is 17.7 Å². The molecule has 1 saturated carbocycles. The molecule has 2 heterocycles. The molecule has 0 saturated heterocycles. The molecule has 2 aromatic rings. The maximum Gasteiger partial charge on any atom is 0.237 e. The number of hydrogen-bond acceptors (Lipinski definition) is 6. The molecule has 4 rings (SSSR count). The number of methoxy groups -OCH3 is 1. The summed E-state index contributed by atoms with van der Waals surface area (Å²) in [6.45, 7) is 2.62. The van der Waals surface area contributed by atoms with E-state index in [1.807, 2.05) is 29.4 Å². The first-order valence-electron chi connectivity index (χ1n) is 10.1. The molecule has 28 heavy (non-hydrogen) atoms. The molecule has 1 aliphatic carbocycles. The first-order chi connectivity index (χ1) is 13.6. The number of rotatable bonds is 7. The molecule has 1 aliphatic heterocycles. The Balaban J connectivity index is 1.78. The minimum Gasteiger partial charge on any atom is -0.489 e. The van der Waals surface area contributed by atoms with Gasteiger partial charge in [0.1, 0.15) is 5.75 Å². The van der Waals surface area contributed by atoms with E-state index in [2.05, 4.69) is 12.0 Å². The summed E-state index contributed by atoms with van der Waals surface area (Å²) in [5, 5.41) is 23.9. The van der Waals surface area contributed by atoms with Crippen molar-refractivity contribution in [2.24, 2.45) is 0 Å². The van der Waals surface area contributed by atoms with Crippen molar-refractivity contribution in [3.05, 3.63) is 30.1 Å². The normalized spacial score (nSPS) is 20.6. The second-order valence-electron chi connectivity index (χ2n) is 7.68. The Labute approximate surface area is 165 Å². The molecule has 0 radical (unpaired) electrons. The van der Waals surface area contributed by atoms with Crippen molar-refractivity contribution in [1.29, 1.82) is 0 Å². The standard InChI is InChI=1S/C21H29N3O4/c1-14-6-7-18-19(24(14)21(26)27-2)9-8-17(20(18)28-16-4-3-5-16)15-12-22-23(13-15)10-11-25/h8-9,12-14,16,21,25-26H,3-7,10-11H2,1-2H3/t14-,21?/m0/s1. The van der Waals surface area contributed by atoms with Crippen molar-refractivity contribution in [3.63, 3.8) is 0 Å². The van der Waals surface area contributed by atoms with Gasteiger partial charge in [-0.1, -0.05) is 0 Å². The molecule has 152 valence electrons. The summed E-state index contributed by atoms with van der Waals surface area (Å²) >= 11 is 0. The lowest BCUT2D eigenvalue weighted by Gasteiger charge is -2.40. The van der Waals surface area contributed by atoms with E-state index in [1.165, 1.54) is 13.5 Å². The van der Waals surface area contributed by atoms with Crippen molar-refractivity contribution in [2.45, 2.75) is 64.1 Å². The number of fused-ring (bicyclic) bond motifs is 1. The highest BCUT2D eigenvalue weighted by molar-refractivity contribution is 5.77. The van der Waals surface area contributed by atoms with Crippen LogP contribution in [0.2, 0.25) is 0 Å². The third-order valence-corrected chi connectivity index (χ3v) is 5.86. The van der Waals surface area contributed by atoms with Crippen molar-refractivity contribution >= 4 is 5.69 Å². The molecule has 1 unspecified atom stereocenters. The number of benzene rings is 1. The number of ether oxygens (including phenoxy) is 2. The van der Waals surface area contributed by atoms with Gasteiger partial charge in [-0.15, -0.1) is 0 Å². The van der Waals surface area contributed by atoms with E-state index in [0.29, 0.717) is 6.54 Å². The van der Waals surface area contributed by atoms with Crippen molar-refractivity contribution < 1.29 is 19.7 Å². The van der Waals surface area contributed by atoms with E-state index in [4.69, 9.17) is 9.47 Å². The summed E-state index contributed by atoms with van der Waals surface area (Å²) in [5.41, 5.74) is 4.07. The maximum atomic E-state index is 10.4. The van der Waals surface area contributed by atoms with E-state index >= 15 is 0 Å². The zero-order valence-corrected chi connectivity index (χ0v) is 16.5. The number of aromatic nitrogens is 2. The van der Waals surface area contributed by atoms with Crippen LogP contribution in [0.4, 0.5) is 5.69 Å². The number of aliphatic hydroxyl groups excluding tert-OH is 2. The third-order valence-electron chi connectivity index (χ3n) is 5.86. The van der Waals surface area contributed by atoms with Gasteiger partial charge in [-0.3, -0.25) is 4.68 Å². The topological polar surface area (TPSA) is 80.0 Å². The van der Waals surface area contributed by atoms with Gasteiger partial charge in [-0.25, -0.2) is 0 Å². The van der Waals surface area contributed by atoms with E-state index < -0.39 is 6.41 Å². The molecule has 1 aromatic carbocycles. The van der Waals surface area contributed by atoms with Crippen molar-refractivity contribution in [3.8, 4) is 16.9 Å². The Kier molecular flexibility index (Phi) is 5.57. The third kappa shape index (κ3) is 3.50. The van der Waals surface area contributed by atoms with Crippen LogP contribution in [0.3, 0.4) is 0 Å². The molecule has 1 aromatic heterocycles. The SMILES string of the molecule is COC(O)N1c2ccc(-c3cnn(CCO)c3)c(OC3CCC3)c2CC[C@@H]1C. The average molecular weight is 387 g/mol. The molecule has 7 heteroatoms. The summed E-state index contributed by atoms with van der Waals surface area (Å²) in [6, 6.07) is 4.26. The largest absolute Gasteiger partial charge is 0.489 e. The lowest BCUT2D eigenvalue weighted by atomic mass is 9.91. The second kappa shape index (κ2) is 8.11. The summed E-state index contributed by atoms with van der Waals surface area (Å²) < 4.78 is 13.4. The van der Waals surface area contributed by atoms with Gasteiger partial charge in [0.2, 0.25) is 6.41 Å². The lowest BCUT2D eigenvalue weighted by Crippen LogP contribution is -2.46. The van der Waals surface area contributed by atoms with Gasteiger partial charge in [0.05, 0.1) is 25.5 Å². The van der Waals surface area contributed by atoms with Crippen LogP contribution < -0.4 is 9.64 Å². The van der Waals surface area contributed by atoms with E-state index in [9.17, 15) is 10.2 Å². The number of anilines is 1. The van der Waals surface area contributed by atoms with Gasteiger partial charge in [-0.2, -0.15) is 5.10 Å². The van der Waals surface area contributed by atoms with Crippen molar-refractivity contribution in [2.75, 3.05) is 18.6 Å². The number of hydrogen-bond donors (Lipinski definition) is 2. The van der Waals surface area contributed by atoms with Crippen LogP contribution in [0.5, 0.6) is 5.75 Å². The predicted molar refractivity (Wildman–Crippen MR) is 106 cm³/mol. The summed E-state index contributed by atoms with van der Waals surface area (Å²) in [7, 11) is 1.52. The van der Waals surface area contributed by atoms with Crippen LogP contribution in [0.25, 0.3) is 11.1 Å². The van der Waals surface area contributed by atoms with Gasteiger partial charge in [0.25, 0.3) is 0 Å². The molecule has 7 nitrogen and oxygen atoms in total. The van der Waals surface area contributed by atoms with Gasteiger partial charge in [-0.05, 0) is 51.2 Å². The summed E-state index contributed by atoms with van der Waals surface area (Å²) in [4.78, 5) is 1.92. The molecule has 0 bridgehead atoms. The molecule has 0 spiro atoms. The van der Waals surface area contributed by atoms with Crippen LogP contribution in [0.15, 0.2) is 24.5 Å². The smallest absolute Gasteiger partial charge is 0.237 e. The molecular weight excluding hydrogens is 358 g/mol. The zero-order valence-electron chi connectivity index (χ0n) is 16.5. The van der Waals surface area contributed by atoms with Gasteiger partial charge >= 0.3 is 0 Å². The molecule has 2 aliphatic rings. The Bertz CT molecular complexity index is 818. The number of nitrogens with zero attached hydrogens (tertiary/aromatic N) is 3. The van der Waals surface area contributed by atoms with Crippen LogP contribution >= 0.6 is 0 Å². The predicted octanol–water partition coefficient (Wildman–Crippen LogP) is 2.54. The molecule has 2 atom stereocenters. The fourth-order valence-corrected chi connectivity index (χ4v) is 4.03. The second-order valence-corrected chi connectivity index (χ2v) is 7.68. The summed E-state index contributed by atoms with van der Waals surface area (Å²) in [6.07, 6.45) is 8.20. The van der Waals surface area contributed by atoms with E-state index in [1.54, 1.807) is 4.68 Å². The Hall–Kier alpha value is -2.09. The minimum absolute atomic E-state index is 0.0541. The van der Waals surface area contributed by atoms with Gasteiger partial charge in [0.15, 0.2) is 0 Å². The molecular formula is C21H29N3O4. The quantitative estimate of drug-likeness (QED) is 0.711. The van der Waals surface area contributed by atoms with E-state index in [0.717, 1.165) is 53.8 Å². The van der Waals surface area contributed by atoms with Gasteiger partial charge < -0.3 is 24.6 Å². The first kappa shape index (κ1) is 19.2. The average Bonchev–Trinajstić information content (AvgIpc) is 3.12. The Morgan fingerprint density at radius 3 is 2.79 bits per heavy atom. The Morgan fingerprint density at radius 1 is 1.29 bits per heavy atom. The monoisotopic (exact) mass is 387 g/mol. The highest BCUT2D eigenvalue weighted by Crippen LogP contribution is 2.44. The molecule has 2 N–H and O–H groups in total. The van der Waals surface area contributed by atoms with Crippen molar-refractivity contribution in [1.82, 2.24) is 9.78 Å². The first-order valence-corrected chi connectivity index (χ1v) is 10.1. The van der Waals surface area contributed by atoms with Crippen LogP contribution in [0.1, 0.15) is 38.2 Å². The highest BCUT2D eigenvalue weighted by Gasteiger charge is 2.33. The molecule has 1 fully saturated rings.